The Morgan fingerprint density at radius 3 is 1.95 bits per heavy atom. The lowest BCUT2D eigenvalue weighted by Crippen LogP contribution is -2.52. The summed E-state index contributed by atoms with van der Waals surface area (Å²) in [5.41, 5.74) is 6.12. The fraction of sp³-hybridized carbons (Fsp3) is 0.125. The molecule has 1 fully saturated rings. The summed E-state index contributed by atoms with van der Waals surface area (Å²) >= 11 is 0. The van der Waals surface area contributed by atoms with E-state index in [9.17, 15) is 19.2 Å². The van der Waals surface area contributed by atoms with E-state index in [0.29, 0.717) is 28.7 Å². The van der Waals surface area contributed by atoms with Gasteiger partial charge in [-0.3, -0.25) is 24.5 Å². The van der Waals surface area contributed by atoms with Gasteiger partial charge in [0.1, 0.15) is 6.04 Å². The number of hydrogen-bond donors (Lipinski definition) is 1. The highest BCUT2D eigenvalue weighted by molar-refractivity contribution is 6.11. The standard InChI is InChI=1S/C32H24N2O4/c35-29-14-13-28(31(37)33-29)34-19-26-15-22(11-12-27(26)32(34)38)30(36)25-17-23(20-7-3-1-4-8-20)16-24(18-25)21-9-5-2-6-10-21/h1-12,15-18,28H,13-14,19H2,(H,33,35,37). The van der Waals surface area contributed by atoms with Crippen molar-refractivity contribution < 1.29 is 19.2 Å². The fourth-order valence-electron chi connectivity index (χ4n) is 5.24. The maximum absolute atomic E-state index is 13.8. The Kier molecular flexibility index (Phi) is 5.92. The molecule has 0 spiro atoms. The van der Waals surface area contributed by atoms with Crippen molar-refractivity contribution in [2.24, 2.45) is 0 Å². The minimum atomic E-state index is -0.692. The van der Waals surface area contributed by atoms with Gasteiger partial charge in [-0.05, 0) is 64.6 Å². The van der Waals surface area contributed by atoms with Crippen molar-refractivity contribution in [2.75, 3.05) is 0 Å². The minimum absolute atomic E-state index is 0.144. The van der Waals surface area contributed by atoms with Gasteiger partial charge in [0.05, 0.1) is 0 Å². The van der Waals surface area contributed by atoms with Crippen molar-refractivity contribution in [3.05, 3.63) is 119 Å². The van der Waals surface area contributed by atoms with E-state index < -0.39 is 11.9 Å². The second-order valence-electron chi connectivity index (χ2n) is 9.63. The summed E-state index contributed by atoms with van der Waals surface area (Å²) in [6.45, 7) is 0.223. The molecule has 38 heavy (non-hydrogen) atoms. The third-order valence-electron chi connectivity index (χ3n) is 7.20. The van der Waals surface area contributed by atoms with Gasteiger partial charge in [-0.1, -0.05) is 66.7 Å². The van der Waals surface area contributed by atoms with Crippen molar-refractivity contribution in [2.45, 2.75) is 25.4 Å². The summed E-state index contributed by atoms with van der Waals surface area (Å²) in [6.07, 6.45) is 0.493. The number of imide groups is 1. The predicted molar refractivity (Wildman–Crippen MR) is 143 cm³/mol. The van der Waals surface area contributed by atoms with Gasteiger partial charge in [0.25, 0.3) is 5.91 Å². The van der Waals surface area contributed by atoms with Crippen LogP contribution < -0.4 is 5.32 Å². The number of amides is 3. The quantitative estimate of drug-likeness (QED) is 0.308. The second-order valence-corrected chi connectivity index (χ2v) is 9.63. The number of ketones is 1. The van der Waals surface area contributed by atoms with Crippen molar-refractivity contribution >= 4 is 23.5 Å². The van der Waals surface area contributed by atoms with Gasteiger partial charge in [0.15, 0.2) is 5.78 Å². The first-order chi connectivity index (χ1) is 18.5. The zero-order valence-corrected chi connectivity index (χ0v) is 20.5. The van der Waals surface area contributed by atoms with E-state index in [4.69, 9.17) is 0 Å². The number of benzene rings is 4. The average molecular weight is 501 g/mol. The van der Waals surface area contributed by atoms with Gasteiger partial charge in [-0.2, -0.15) is 0 Å². The Hall–Kier alpha value is -4.84. The Morgan fingerprint density at radius 1 is 0.711 bits per heavy atom. The molecule has 2 aliphatic rings. The SMILES string of the molecule is O=C1CCC(N2Cc3cc(C(=O)c4cc(-c5ccccc5)cc(-c5ccccc5)c4)ccc3C2=O)C(=O)N1. The van der Waals surface area contributed by atoms with E-state index in [1.165, 1.54) is 4.90 Å². The fourth-order valence-corrected chi connectivity index (χ4v) is 5.24. The Labute approximate surface area is 219 Å². The zero-order valence-electron chi connectivity index (χ0n) is 20.5. The molecule has 186 valence electrons. The number of carbonyl (C=O) groups is 4. The summed E-state index contributed by atoms with van der Waals surface area (Å²) in [5.74, 6) is -1.18. The van der Waals surface area contributed by atoms with Crippen LogP contribution in [0.1, 0.15) is 44.7 Å². The topological polar surface area (TPSA) is 83.6 Å². The summed E-state index contributed by atoms with van der Waals surface area (Å²) in [6, 6.07) is 30.1. The monoisotopic (exact) mass is 500 g/mol. The maximum atomic E-state index is 13.8. The Balaban J connectivity index is 1.35. The number of rotatable bonds is 5. The van der Waals surface area contributed by atoms with Crippen LogP contribution in [-0.2, 0) is 16.1 Å². The van der Waals surface area contributed by atoms with Crippen LogP contribution in [0, 0.1) is 0 Å². The molecule has 1 saturated heterocycles. The number of nitrogens with zero attached hydrogens (tertiary/aromatic N) is 1. The molecule has 6 heteroatoms. The molecule has 1 unspecified atom stereocenters. The number of nitrogens with one attached hydrogen (secondary N) is 1. The molecular formula is C32H24N2O4. The summed E-state index contributed by atoms with van der Waals surface area (Å²) in [5, 5.41) is 2.32. The van der Waals surface area contributed by atoms with E-state index >= 15 is 0 Å². The molecule has 2 aliphatic heterocycles. The normalized spacial score (nSPS) is 16.8. The van der Waals surface area contributed by atoms with Crippen molar-refractivity contribution in [1.82, 2.24) is 10.2 Å². The van der Waals surface area contributed by atoms with E-state index in [2.05, 4.69) is 11.4 Å². The number of fused-ring (bicyclic) bond motifs is 1. The van der Waals surface area contributed by atoms with Gasteiger partial charge in [0.2, 0.25) is 11.8 Å². The first-order valence-electron chi connectivity index (χ1n) is 12.6. The maximum Gasteiger partial charge on any atom is 0.255 e. The zero-order chi connectivity index (χ0) is 26.2. The van der Waals surface area contributed by atoms with Crippen LogP contribution in [0.15, 0.2) is 97.1 Å². The molecule has 3 amide bonds. The molecule has 1 atom stereocenters. The first-order valence-corrected chi connectivity index (χ1v) is 12.6. The third kappa shape index (κ3) is 4.30. The molecule has 0 bridgehead atoms. The minimum Gasteiger partial charge on any atom is -0.322 e. The molecule has 0 aromatic heterocycles. The summed E-state index contributed by atoms with van der Waals surface area (Å²) in [7, 11) is 0. The van der Waals surface area contributed by atoms with Gasteiger partial charge in [0, 0.05) is 29.7 Å². The molecular weight excluding hydrogens is 476 g/mol. The molecule has 4 aromatic carbocycles. The first kappa shape index (κ1) is 23.6. The van der Waals surface area contributed by atoms with Gasteiger partial charge in [-0.15, -0.1) is 0 Å². The van der Waals surface area contributed by atoms with Crippen LogP contribution in [0.5, 0.6) is 0 Å². The lowest BCUT2D eigenvalue weighted by Gasteiger charge is -2.29. The van der Waals surface area contributed by atoms with Crippen LogP contribution in [-0.4, -0.2) is 34.4 Å². The Bertz CT molecular complexity index is 1540. The van der Waals surface area contributed by atoms with Crippen LogP contribution in [0.3, 0.4) is 0 Å². The molecule has 0 radical (unpaired) electrons. The van der Waals surface area contributed by atoms with E-state index in [0.717, 1.165) is 22.3 Å². The molecule has 2 heterocycles. The molecule has 0 saturated carbocycles. The van der Waals surface area contributed by atoms with Gasteiger partial charge in [-0.25, -0.2) is 0 Å². The lowest BCUT2D eigenvalue weighted by molar-refractivity contribution is -0.136. The van der Waals surface area contributed by atoms with Crippen LogP contribution in [0.2, 0.25) is 0 Å². The van der Waals surface area contributed by atoms with Crippen molar-refractivity contribution in [3.63, 3.8) is 0 Å². The molecule has 6 rings (SSSR count). The number of piperidine rings is 1. The average Bonchev–Trinajstić information content (AvgIpc) is 3.28. The molecule has 0 aliphatic carbocycles. The van der Waals surface area contributed by atoms with E-state index in [1.807, 2.05) is 72.8 Å². The lowest BCUT2D eigenvalue weighted by atomic mass is 9.92. The van der Waals surface area contributed by atoms with E-state index in [-0.39, 0.29) is 30.6 Å². The number of carbonyl (C=O) groups excluding carboxylic acids is 4. The van der Waals surface area contributed by atoms with Crippen molar-refractivity contribution in [3.8, 4) is 22.3 Å². The highest BCUT2D eigenvalue weighted by Crippen LogP contribution is 2.32. The van der Waals surface area contributed by atoms with Crippen LogP contribution in [0.25, 0.3) is 22.3 Å². The highest BCUT2D eigenvalue weighted by Gasteiger charge is 2.39. The van der Waals surface area contributed by atoms with Gasteiger partial charge >= 0.3 is 0 Å². The largest absolute Gasteiger partial charge is 0.322 e. The summed E-state index contributed by atoms with van der Waals surface area (Å²) < 4.78 is 0. The third-order valence-corrected chi connectivity index (χ3v) is 7.20. The summed E-state index contributed by atoms with van der Waals surface area (Å²) in [4.78, 5) is 52.2. The molecule has 6 nitrogen and oxygen atoms in total. The van der Waals surface area contributed by atoms with Crippen molar-refractivity contribution in [1.29, 1.82) is 0 Å². The highest BCUT2D eigenvalue weighted by atomic mass is 16.2. The predicted octanol–water partition coefficient (Wildman–Crippen LogP) is 5.01. The molecule has 1 N–H and O–H groups in total. The van der Waals surface area contributed by atoms with E-state index in [1.54, 1.807) is 18.2 Å². The van der Waals surface area contributed by atoms with Crippen LogP contribution >= 0.6 is 0 Å². The number of hydrogen-bond acceptors (Lipinski definition) is 4. The second kappa shape index (κ2) is 9.56. The molecule has 4 aromatic rings. The van der Waals surface area contributed by atoms with Crippen LogP contribution in [0.4, 0.5) is 0 Å². The Morgan fingerprint density at radius 2 is 1.34 bits per heavy atom. The smallest absolute Gasteiger partial charge is 0.255 e. The van der Waals surface area contributed by atoms with Gasteiger partial charge < -0.3 is 4.90 Å².